The SMILES string of the molecule is C=CCN(c1ccc(OC)cc1)S(=O)(=O)c1ccc(Cl)c(C(=O)OCC#N)c1. The lowest BCUT2D eigenvalue weighted by atomic mass is 10.2. The van der Waals surface area contributed by atoms with Gasteiger partial charge in [-0.25, -0.2) is 13.2 Å². The first kappa shape index (κ1) is 21.3. The Morgan fingerprint density at radius 2 is 1.96 bits per heavy atom. The lowest BCUT2D eigenvalue weighted by Crippen LogP contribution is -2.31. The molecule has 9 heteroatoms. The quantitative estimate of drug-likeness (QED) is 0.479. The van der Waals surface area contributed by atoms with Gasteiger partial charge in [-0.2, -0.15) is 5.26 Å². The lowest BCUT2D eigenvalue weighted by Gasteiger charge is -2.23. The summed E-state index contributed by atoms with van der Waals surface area (Å²) in [5.74, 6) is -0.308. The van der Waals surface area contributed by atoms with Gasteiger partial charge in [-0.05, 0) is 42.5 Å². The van der Waals surface area contributed by atoms with Gasteiger partial charge >= 0.3 is 5.97 Å². The number of esters is 1. The largest absolute Gasteiger partial charge is 0.497 e. The number of carbonyl (C=O) groups is 1. The number of anilines is 1. The van der Waals surface area contributed by atoms with Crippen LogP contribution in [0.15, 0.2) is 60.0 Å². The molecule has 2 aromatic carbocycles. The first-order valence-corrected chi connectivity index (χ1v) is 9.78. The van der Waals surface area contributed by atoms with Crippen molar-refractivity contribution in [3.63, 3.8) is 0 Å². The van der Waals surface area contributed by atoms with E-state index in [2.05, 4.69) is 6.58 Å². The summed E-state index contributed by atoms with van der Waals surface area (Å²) in [6.45, 7) is 3.14. The molecule has 0 unspecified atom stereocenters. The molecule has 0 N–H and O–H groups in total. The first-order chi connectivity index (χ1) is 13.3. The Kier molecular flexibility index (Phi) is 7.04. The third-order valence-corrected chi connectivity index (χ3v) is 5.79. The van der Waals surface area contributed by atoms with Gasteiger partial charge in [0, 0.05) is 0 Å². The molecule has 0 spiro atoms. The van der Waals surface area contributed by atoms with Gasteiger partial charge in [-0.1, -0.05) is 17.7 Å². The fourth-order valence-corrected chi connectivity index (χ4v) is 3.99. The lowest BCUT2D eigenvalue weighted by molar-refractivity contribution is 0.0555. The summed E-state index contributed by atoms with van der Waals surface area (Å²) in [6.07, 6.45) is 1.44. The second kappa shape index (κ2) is 9.26. The predicted octanol–water partition coefficient (Wildman–Crippen LogP) is 3.41. The highest BCUT2D eigenvalue weighted by Gasteiger charge is 2.26. The summed E-state index contributed by atoms with van der Waals surface area (Å²) in [5, 5.41) is 8.54. The van der Waals surface area contributed by atoms with Gasteiger partial charge in [-0.3, -0.25) is 4.31 Å². The highest BCUT2D eigenvalue weighted by atomic mass is 35.5. The monoisotopic (exact) mass is 420 g/mol. The summed E-state index contributed by atoms with van der Waals surface area (Å²) >= 11 is 5.99. The van der Waals surface area contributed by atoms with Crippen LogP contribution >= 0.6 is 11.6 Å². The van der Waals surface area contributed by atoms with E-state index in [-0.39, 0.29) is 22.0 Å². The fraction of sp³-hybridized carbons (Fsp3) is 0.158. The second-order valence-corrected chi connectivity index (χ2v) is 7.67. The highest BCUT2D eigenvalue weighted by Crippen LogP contribution is 2.28. The van der Waals surface area contributed by atoms with Crippen LogP contribution in [0.4, 0.5) is 5.69 Å². The van der Waals surface area contributed by atoms with Crippen LogP contribution in [0.3, 0.4) is 0 Å². The molecule has 0 fully saturated rings. The zero-order chi connectivity index (χ0) is 20.7. The third-order valence-electron chi connectivity index (χ3n) is 3.67. The van der Waals surface area contributed by atoms with E-state index < -0.39 is 22.6 Å². The molecule has 0 aliphatic rings. The molecule has 0 aliphatic heterocycles. The molecule has 0 heterocycles. The number of hydrogen-bond acceptors (Lipinski definition) is 6. The van der Waals surface area contributed by atoms with Crippen molar-refractivity contribution in [2.75, 3.05) is 24.6 Å². The molecule has 0 radical (unpaired) electrons. The van der Waals surface area contributed by atoms with Gasteiger partial charge in [0.05, 0.1) is 34.8 Å². The van der Waals surface area contributed by atoms with Crippen molar-refractivity contribution in [3.05, 3.63) is 65.7 Å². The van der Waals surface area contributed by atoms with Gasteiger partial charge in [0.25, 0.3) is 10.0 Å². The first-order valence-electron chi connectivity index (χ1n) is 7.96. The molecule has 0 aromatic heterocycles. The Balaban J connectivity index is 2.48. The van der Waals surface area contributed by atoms with E-state index in [0.717, 1.165) is 10.4 Å². The molecule has 0 bridgehead atoms. The summed E-state index contributed by atoms with van der Waals surface area (Å²) in [5.41, 5.74) is 0.246. The predicted molar refractivity (Wildman–Crippen MR) is 105 cm³/mol. The maximum atomic E-state index is 13.2. The van der Waals surface area contributed by atoms with Gasteiger partial charge in [0.2, 0.25) is 0 Å². The number of ether oxygens (including phenoxy) is 2. The molecule has 2 aromatic rings. The van der Waals surface area contributed by atoms with Crippen LogP contribution < -0.4 is 9.04 Å². The minimum absolute atomic E-state index is 0.00546. The van der Waals surface area contributed by atoms with Crippen LogP contribution in [-0.4, -0.2) is 34.6 Å². The number of nitrogens with zero attached hydrogens (tertiary/aromatic N) is 2. The molecule has 146 valence electrons. The Labute approximate surface area is 168 Å². The maximum Gasteiger partial charge on any atom is 0.340 e. The molecule has 28 heavy (non-hydrogen) atoms. The average Bonchev–Trinajstić information content (AvgIpc) is 2.70. The molecule has 2 rings (SSSR count). The molecule has 7 nitrogen and oxygen atoms in total. The standard InChI is InChI=1S/C19H17ClN2O5S/c1-3-11-22(14-4-6-15(26-2)7-5-14)28(24,25)16-8-9-18(20)17(13-16)19(23)27-12-10-21/h3-9,13H,1,11-12H2,2H3. The van der Waals surface area contributed by atoms with E-state index in [1.54, 1.807) is 30.3 Å². The van der Waals surface area contributed by atoms with E-state index in [1.165, 1.54) is 25.3 Å². The van der Waals surface area contributed by atoms with Gasteiger partial charge in [-0.15, -0.1) is 6.58 Å². The summed E-state index contributed by atoms with van der Waals surface area (Å²) < 4.78 is 37.3. The van der Waals surface area contributed by atoms with Gasteiger partial charge in [0.1, 0.15) is 11.8 Å². The average molecular weight is 421 g/mol. The number of methoxy groups -OCH3 is 1. The van der Waals surface area contributed by atoms with E-state index >= 15 is 0 Å². The molecule has 0 atom stereocenters. The number of carbonyl (C=O) groups excluding carboxylic acids is 1. The smallest absolute Gasteiger partial charge is 0.340 e. The molecule has 0 saturated heterocycles. The summed E-state index contributed by atoms with van der Waals surface area (Å²) in [7, 11) is -2.53. The zero-order valence-corrected chi connectivity index (χ0v) is 16.5. The number of hydrogen-bond donors (Lipinski definition) is 0. The van der Waals surface area contributed by atoms with Crippen molar-refractivity contribution in [2.45, 2.75) is 4.90 Å². The van der Waals surface area contributed by atoms with Gasteiger partial charge in [0.15, 0.2) is 6.61 Å². The van der Waals surface area contributed by atoms with Crippen LogP contribution in [0.1, 0.15) is 10.4 Å². The zero-order valence-electron chi connectivity index (χ0n) is 15.0. The van der Waals surface area contributed by atoms with Crippen molar-refractivity contribution in [2.24, 2.45) is 0 Å². The Bertz CT molecular complexity index is 1010. The normalized spacial score (nSPS) is 10.6. The van der Waals surface area contributed by atoms with Crippen molar-refractivity contribution >= 4 is 33.3 Å². The maximum absolute atomic E-state index is 13.2. The van der Waals surface area contributed by atoms with E-state index in [9.17, 15) is 13.2 Å². The fourth-order valence-electron chi connectivity index (χ4n) is 2.33. The van der Waals surface area contributed by atoms with Crippen LogP contribution in [0, 0.1) is 11.3 Å². The number of halogens is 1. The summed E-state index contributed by atoms with van der Waals surface area (Å²) in [4.78, 5) is 11.9. The van der Waals surface area contributed by atoms with Gasteiger partial charge < -0.3 is 9.47 Å². The van der Waals surface area contributed by atoms with E-state index in [4.69, 9.17) is 26.3 Å². The van der Waals surface area contributed by atoms with Crippen molar-refractivity contribution in [1.82, 2.24) is 0 Å². The van der Waals surface area contributed by atoms with Crippen LogP contribution in [-0.2, 0) is 14.8 Å². The second-order valence-electron chi connectivity index (χ2n) is 5.40. The van der Waals surface area contributed by atoms with Crippen molar-refractivity contribution < 1.29 is 22.7 Å². The Morgan fingerprint density at radius 1 is 1.29 bits per heavy atom. The number of benzene rings is 2. The molecule has 0 amide bonds. The molecule has 0 saturated carbocycles. The minimum atomic E-state index is -4.04. The Morgan fingerprint density at radius 3 is 2.54 bits per heavy atom. The number of nitriles is 1. The molecule has 0 aliphatic carbocycles. The third kappa shape index (κ3) is 4.63. The minimum Gasteiger partial charge on any atom is -0.497 e. The van der Waals surface area contributed by atoms with E-state index in [0.29, 0.717) is 11.4 Å². The molecular formula is C19H17ClN2O5S. The molecular weight excluding hydrogens is 404 g/mol. The number of rotatable bonds is 8. The van der Waals surface area contributed by atoms with Crippen molar-refractivity contribution in [3.8, 4) is 11.8 Å². The van der Waals surface area contributed by atoms with E-state index in [1.807, 2.05) is 0 Å². The summed E-state index contributed by atoms with van der Waals surface area (Å²) in [6, 6.07) is 11.8. The highest BCUT2D eigenvalue weighted by molar-refractivity contribution is 7.92. The Hall–Kier alpha value is -3.02. The van der Waals surface area contributed by atoms with Crippen molar-refractivity contribution in [1.29, 1.82) is 5.26 Å². The van der Waals surface area contributed by atoms with Crippen LogP contribution in [0.2, 0.25) is 5.02 Å². The van der Waals surface area contributed by atoms with Crippen LogP contribution in [0.5, 0.6) is 5.75 Å². The van der Waals surface area contributed by atoms with Crippen LogP contribution in [0.25, 0.3) is 0 Å². The number of sulfonamides is 1. The topological polar surface area (TPSA) is 96.7 Å².